The molecule has 0 radical (unpaired) electrons. The van der Waals surface area contributed by atoms with Crippen LogP contribution in [0.4, 0.5) is 5.69 Å². The second-order valence-electron chi connectivity index (χ2n) is 5.79. The number of nitrogens with one attached hydrogen (secondary N) is 1. The van der Waals surface area contributed by atoms with Crippen molar-refractivity contribution in [3.05, 3.63) is 58.3 Å². The number of hydrogen-bond acceptors (Lipinski definition) is 4. The number of nitrogens with two attached hydrogens (primary N) is 1. The number of aromatic nitrogens is 2. The van der Waals surface area contributed by atoms with Crippen LogP contribution >= 0.6 is 0 Å². The lowest BCUT2D eigenvalue weighted by atomic mass is 9.96. The smallest absolute Gasteiger partial charge is 0.408 e. The number of aryl methyl sites for hydroxylation is 2. The van der Waals surface area contributed by atoms with Crippen LogP contribution in [0, 0.1) is 13.8 Å². The summed E-state index contributed by atoms with van der Waals surface area (Å²) in [6.45, 7) is 3.95. The van der Waals surface area contributed by atoms with Crippen LogP contribution < -0.4 is 11.5 Å². The number of nitrogens with zero attached hydrogens (tertiary/aromatic N) is 1. The molecule has 0 bridgehead atoms. The molecule has 4 aromatic rings. The summed E-state index contributed by atoms with van der Waals surface area (Å²) in [4.78, 5) is 18.3. The first kappa shape index (κ1) is 13.6. The molecule has 0 spiro atoms. The lowest BCUT2D eigenvalue weighted by Gasteiger charge is -2.10. The zero-order valence-electron chi connectivity index (χ0n) is 12.8. The average molecular weight is 305 g/mol. The van der Waals surface area contributed by atoms with E-state index in [0.717, 1.165) is 33.2 Å². The zero-order valence-corrected chi connectivity index (χ0v) is 12.8. The summed E-state index contributed by atoms with van der Waals surface area (Å²) in [7, 11) is 0. The zero-order chi connectivity index (χ0) is 16.1. The van der Waals surface area contributed by atoms with E-state index in [1.54, 1.807) is 6.20 Å². The Morgan fingerprint density at radius 2 is 1.96 bits per heavy atom. The molecule has 2 heterocycles. The van der Waals surface area contributed by atoms with Crippen molar-refractivity contribution in [1.82, 2.24) is 9.97 Å². The third kappa shape index (κ3) is 2.17. The summed E-state index contributed by atoms with van der Waals surface area (Å²) in [5, 5.41) is 1.98. The predicted octanol–water partition coefficient (Wildman–Crippen LogP) is 3.54. The van der Waals surface area contributed by atoms with Gasteiger partial charge < -0.3 is 10.2 Å². The lowest BCUT2D eigenvalue weighted by Crippen LogP contribution is -1.93. The van der Waals surface area contributed by atoms with Crippen LogP contribution in [0.15, 0.2) is 45.7 Å². The number of nitrogen functional groups attached to an aromatic ring is 1. The van der Waals surface area contributed by atoms with Gasteiger partial charge in [0.05, 0.1) is 5.52 Å². The SMILES string of the molecule is Cc1cc2cc(-c3cc4oc(=O)[nH]c4cc3C)cc(N)c2cn1. The predicted molar refractivity (Wildman–Crippen MR) is 91.5 cm³/mol. The first-order valence-corrected chi connectivity index (χ1v) is 7.31. The van der Waals surface area contributed by atoms with Crippen molar-refractivity contribution in [1.29, 1.82) is 0 Å². The molecule has 0 amide bonds. The molecular weight excluding hydrogens is 290 g/mol. The van der Waals surface area contributed by atoms with Crippen LogP contribution in [0.5, 0.6) is 0 Å². The monoisotopic (exact) mass is 305 g/mol. The lowest BCUT2D eigenvalue weighted by molar-refractivity contribution is 0.555. The van der Waals surface area contributed by atoms with Gasteiger partial charge in [0.1, 0.15) is 0 Å². The van der Waals surface area contributed by atoms with Crippen LogP contribution in [-0.2, 0) is 0 Å². The molecular formula is C18H15N3O2. The van der Waals surface area contributed by atoms with Gasteiger partial charge in [-0.3, -0.25) is 9.97 Å². The third-order valence-corrected chi connectivity index (χ3v) is 4.08. The topological polar surface area (TPSA) is 84.9 Å². The second-order valence-corrected chi connectivity index (χ2v) is 5.79. The van der Waals surface area contributed by atoms with E-state index in [0.29, 0.717) is 16.8 Å². The van der Waals surface area contributed by atoms with Gasteiger partial charge in [0.25, 0.3) is 0 Å². The van der Waals surface area contributed by atoms with Crippen LogP contribution in [0.1, 0.15) is 11.3 Å². The normalized spacial score (nSPS) is 11.4. The maximum Gasteiger partial charge on any atom is 0.417 e. The van der Waals surface area contributed by atoms with Crippen LogP contribution in [0.25, 0.3) is 33.0 Å². The van der Waals surface area contributed by atoms with Crippen molar-refractivity contribution >= 4 is 27.6 Å². The Morgan fingerprint density at radius 1 is 1.13 bits per heavy atom. The summed E-state index contributed by atoms with van der Waals surface area (Å²) in [6.07, 6.45) is 1.80. The Morgan fingerprint density at radius 3 is 2.78 bits per heavy atom. The van der Waals surface area contributed by atoms with Gasteiger partial charge in [-0.05, 0) is 66.3 Å². The molecule has 5 heteroatoms. The summed E-state index contributed by atoms with van der Waals surface area (Å²) in [5.74, 6) is -0.448. The van der Waals surface area contributed by atoms with Gasteiger partial charge in [-0.25, -0.2) is 4.79 Å². The molecule has 0 aliphatic carbocycles. The Balaban J connectivity index is 2.01. The number of anilines is 1. The molecule has 3 N–H and O–H groups in total. The first-order valence-electron chi connectivity index (χ1n) is 7.31. The molecule has 0 unspecified atom stereocenters. The Hall–Kier alpha value is -3.08. The summed E-state index contributed by atoms with van der Waals surface area (Å²) in [6, 6.07) is 9.81. The molecule has 0 saturated carbocycles. The maximum absolute atomic E-state index is 11.4. The second kappa shape index (κ2) is 4.71. The molecule has 2 aromatic carbocycles. The van der Waals surface area contributed by atoms with E-state index in [1.807, 2.05) is 38.1 Å². The number of rotatable bonds is 1. The minimum atomic E-state index is -0.448. The first-order chi connectivity index (χ1) is 11.0. The van der Waals surface area contributed by atoms with Gasteiger partial charge >= 0.3 is 5.76 Å². The van der Waals surface area contributed by atoms with Crippen molar-refractivity contribution in [3.63, 3.8) is 0 Å². The van der Waals surface area contributed by atoms with Gasteiger partial charge in [0, 0.05) is 23.0 Å². The van der Waals surface area contributed by atoms with E-state index >= 15 is 0 Å². The molecule has 0 fully saturated rings. The summed E-state index contributed by atoms with van der Waals surface area (Å²) in [5.41, 5.74) is 12.1. The molecule has 0 aliphatic rings. The van der Waals surface area contributed by atoms with Crippen molar-refractivity contribution in [3.8, 4) is 11.1 Å². The van der Waals surface area contributed by atoms with Gasteiger partial charge in [0.15, 0.2) is 5.58 Å². The molecule has 4 rings (SSSR count). The highest BCUT2D eigenvalue weighted by Gasteiger charge is 2.10. The standard InChI is InChI=1S/C18H15N3O2/c1-9-3-16-17(23-18(22)21-16)7-13(9)12-5-11-4-10(2)20-8-14(11)15(19)6-12/h3-8H,19H2,1-2H3,(H,21,22). The highest BCUT2D eigenvalue weighted by atomic mass is 16.4. The number of oxazole rings is 1. The van der Waals surface area contributed by atoms with Crippen LogP contribution in [0.2, 0.25) is 0 Å². The molecule has 0 aliphatic heterocycles. The van der Waals surface area contributed by atoms with E-state index in [9.17, 15) is 4.79 Å². The summed E-state index contributed by atoms with van der Waals surface area (Å²) < 4.78 is 5.17. The molecule has 114 valence electrons. The van der Waals surface area contributed by atoms with E-state index in [-0.39, 0.29) is 0 Å². The fourth-order valence-electron chi connectivity index (χ4n) is 2.97. The van der Waals surface area contributed by atoms with Crippen molar-refractivity contribution in [2.24, 2.45) is 0 Å². The van der Waals surface area contributed by atoms with E-state index in [1.165, 1.54) is 0 Å². The van der Waals surface area contributed by atoms with Crippen molar-refractivity contribution in [2.75, 3.05) is 5.73 Å². The van der Waals surface area contributed by atoms with E-state index in [2.05, 4.69) is 16.0 Å². The van der Waals surface area contributed by atoms with Crippen LogP contribution in [-0.4, -0.2) is 9.97 Å². The quantitative estimate of drug-likeness (QED) is 0.527. The van der Waals surface area contributed by atoms with Gasteiger partial charge in [0.2, 0.25) is 0 Å². The number of benzene rings is 2. The fraction of sp³-hybridized carbons (Fsp3) is 0.111. The molecule has 23 heavy (non-hydrogen) atoms. The number of aromatic amines is 1. The van der Waals surface area contributed by atoms with E-state index in [4.69, 9.17) is 10.2 Å². The largest absolute Gasteiger partial charge is 0.417 e. The number of fused-ring (bicyclic) bond motifs is 2. The molecule has 0 saturated heterocycles. The molecule has 5 nitrogen and oxygen atoms in total. The molecule has 0 atom stereocenters. The number of pyridine rings is 1. The van der Waals surface area contributed by atoms with Gasteiger partial charge in [-0.1, -0.05) is 0 Å². The fourth-order valence-corrected chi connectivity index (χ4v) is 2.97. The Labute approximate surface area is 131 Å². The number of H-pyrrole nitrogens is 1. The number of hydrogen-bond donors (Lipinski definition) is 2. The highest BCUT2D eigenvalue weighted by molar-refractivity contribution is 5.97. The highest BCUT2D eigenvalue weighted by Crippen LogP contribution is 2.32. The Kier molecular flexibility index (Phi) is 2.78. The minimum absolute atomic E-state index is 0.448. The van der Waals surface area contributed by atoms with E-state index < -0.39 is 5.76 Å². The van der Waals surface area contributed by atoms with Crippen molar-refractivity contribution < 1.29 is 4.42 Å². The van der Waals surface area contributed by atoms with Crippen LogP contribution in [0.3, 0.4) is 0 Å². The van der Waals surface area contributed by atoms with Crippen molar-refractivity contribution in [2.45, 2.75) is 13.8 Å². The minimum Gasteiger partial charge on any atom is -0.408 e. The maximum atomic E-state index is 11.4. The van der Waals surface area contributed by atoms with Gasteiger partial charge in [-0.15, -0.1) is 0 Å². The van der Waals surface area contributed by atoms with Gasteiger partial charge in [-0.2, -0.15) is 0 Å². The summed E-state index contributed by atoms with van der Waals surface area (Å²) >= 11 is 0. The Bertz CT molecular complexity index is 1120. The average Bonchev–Trinajstić information content (AvgIpc) is 2.84. The molecule has 2 aromatic heterocycles. The third-order valence-electron chi connectivity index (χ3n) is 4.08.